The van der Waals surface area contributed by atoms with Crippen LogP contribution < -0.4 is 9.47 Å². The Balaban J connectivity index is 2.37. The molecule has 27 heavy (non-hydrogen) atoms. The predicted octanol–water partition coefficient (Wildman–Crippen LogP) is 5.42. The minimum atomic E-state index is -0.793. The molecule has 0 fully saturated rings. The summed E-state index contributed by atoms with van der Waals surface area (Å²) < 4.78 is 18.0. The number of hydrogen-bond donors (Lipinski definition) is 0. The van der Waals surface area contributed by atoms with E-state index in [-0.39, 0.29) is 0 Å². The molecule has 0 aromatic heterocycles. The van der Waals surface area contributed by atoms with Crippen LogP contribution >= 0.6 is 0 Å². The lowest BCUT2D eigenvalue weighted by Crippen LogP contribution is -2.33. The van der Waals surface area contributed by atoms with Gasteiger partial charge < -0.3 is 14.2 Å². The van der Waals surface area contributed by atoms with Crippen molar-refractivity contribution in [3.05, 3.63) is 95.6 Å². The Morgan fingerprint density at radius 3 is 1.78 bits per heavy atom. The molecule has 0 saturated heterocycles. The van der Waals surface area contributed by atoms with Gasteiger partial charge >= 0.3 is 0 Å². The fourth-order valence-electron chi connectivity index (χ4n) is 3.49. The van der Waals surface area contributed by atoms with E-state index in [1.807, 2.05) is 48.5 Å². The van der Waals surface area contributed by atoms with Crippen molar-refractivity contribution < 1.29 is 14.2 Å². The first-order valence-electron chi connectivity index (χ1n) is 9.24. The Labute approximate surface area is 161 Å². The van der Waals surface area contributed by atoms with Crippen LogP contribution in [-0.2, 0) is 10.3 Å². The van der Waals surface area contributed by atoms with Crippen molar-refractivity contribution in [3.8, 4) is 11.5 Å². The van der Waals surface area contributed by atoms with Gasteiger partial charge in [-0.3, -0.25) is 0 Å². The van der Waals surface area contributed by atoms with Gasteiger partial charge in [0.2, 0.25) is 0 Å². The van der Waals surface area contributed by atoms with E-state index in [4.69, 9.17) is 14.2 Å². The predicted molar refractivity (Wildman–Crippen MR) is 109 cm³/mol. The van der Waals surface area contributed by atoms with Gasteiger partial charge in [-0.05, 0) is 23.6 Å². The molecule has 0 aliphatic rings. The molecule has 3 rings (SSSR count). The molecule has 140 valence electrons. The number of benzene rings is 3. The number of ether oxygens (including phenoxy) is 3. The summed E-state index contributed by atoms with van der Waals surface area (Å²) in [6.07, 6.45) is 0.910. The summed E-state index contributed by atoms with van der Waals surface area (Å²) in [6.45, 7) is 2.73. The van der Waals surface area contributed by atoms with Gasteiger partial charge in [-0.25, -0.2) is 0 Å². The minimum absolute atomic E-state index is 0.615. The van der Waals surface area contributed by atoms with E-state index >= 15 is 0 Å². The quantitative estimate of drug-likeness (QED) is 0.501. The molecule has 0 aliphatic carbocycles. The van der Waals surface area contributed by atoms with Gasteiger partial charge in [-0.1, -0.05) is 79.7 Å². The topological polar surface area (TPSA) is 27.7 Å². The van der Waals surface area contributed by atoms with Crippen LogP contribution in [0.1, 0.15) is 30.0 Å². The van der Waals surface area contributed by atoms with Crippen LogP contribution in [0.4, 0.5) is 0 Å². The summed E-state index contributed by atoms with van der Waals surface area (Å²) in [6, 6.07) is 26.5. The van der Waals surface area contributed by atoms with Crippen LogP contribution in [0.2, 0.25) is 0 Å². The molecule has 0 amide bonds. The highest BCUT2D eigenvalue weighted by molar-refractivity contribution is 5.57. The van der Waals surface area contributed by atoms with E-state index in [1.54, 1.807) is 14.2 Å². The van der Waals surface area contributed by atoms with E-state index < -0.39 is 5.60 Å². The molecule has 0 aliphatic heterocycles. The summed E-state index contributed by atoms with van der Waals surface area (Å²) in [4.78, 5) is 0. The molecule has 0 spiro atoms. The lowest BCUT2D eigenvalue weighted by atomic mass is 9.79. The fraction of sp³-hybridized carbons (Fsp3) is 0.250. The van der Waals surface area contributed by atoms with Crippen LogP contribution in [0.25, 0.3) is 0 Å². The van der Waals surface area contributed by atoms with E-state index in [0.717, 1.165) is 23.1 Å². The summed E-state index contributed by atoms with van der Waals surface area (Å²) >= 11 is 0. The molecule has 3 nitrogen and oxygen atoms in total. The molecular weight excluding hydrogens is 336 g/mol. The lowest BCUT2D eigenvalue weighted by Gasteiger charge is -2.37. The fourth-order valence-corrected chi connectivity index (χ4v) is 3.49. The average Bonchev–Trinajstić information content (AvgIpc) is 2.75. The van der Waals surface area contributed by atoms with E-state index in [9.17, 15) is 0 Å². The molecule has 0 heterocycles. The molecule has 0 bridgehead atoms. The maximum Gasteiger partial charge on any atom is 0.167 e. The lowest BCUT2D eigenvalue weighted by molar-refractivity contribution is 0.0115. The first-order valence-corrected chi connectivity index (χ1v) is 9.24. The van der Waals surface area contributed by atoms with Gasteiger partial charge in [0.25, 0.3) is 0 Å². The second-order valence-electron chi connectivity index (χ2n) is 6.30. The van der Waals surface area contributed by atoms with Gasteiger partial charge in [0.15, 0.2) is 11.5 Å². The molecule has 3 heteroatoms. The maximum atomic E-state index is 6.64. The second kappa shape index (κ2) is 8.74. The van der Waals surface area contributed by atoms with Crippen LogP contribution in [0.5, 0.6) is 11.5 Å². The number of methoxy groups -OCH3 is 2. The molecule has 0 atom stereocenters. The molecular formula is C24H26O3. The van der Waals surface area contributed by atoms with E-state index in [1.165, 1.54) is 0 Å². The smallest absolute Gasteiger partial charge is 0.167 e. The summed E-state index contributed by atoms with van der Waals surface area (Å²) in [5.41, 5.74) is 2.24. The van der Waals surface area contributed by atoms with Crippen molar-refractivity contribution in [1.82, 2.24) is 0 Å². The van der Waals surface area contributed by atoms with Gasteiger partial charge in [0.05, 0.1) is 14.2 Å². The van der Waals surface area contributed by atoms with Gasteiger partial charge in [0, 0.05) is 12.2 Å². The average molecular weight is 362 g/mol. The molecule has 3 aromatic carbocycles. The molecule has 3 aromatic rings. The number of para-hydroxylation sites is 1. The van der Waals surface area contributed by atoms with Crippen molar-refractivity contribution in [3.63, 3.8) is 0 Å². The zero-order chi connectivity index (χ0) is 19.1. The van der Waals surface area contributed by atoms with E-state index in [2.05, 4.69) is 37.3 Å². The van der Waals surface area contributed by atoms with Crippen molar-refractivity contribution in [2.24, 2.45) is 0 Å². The molecule has 0 N–H and O–H groups in total. The Hall–Kier alpha value is -2.78. The highest BCUT2D eigenvalue weighted by Crippen LogP contribution is 2.47. The van der Waals surface area contributed by atoms with Crippen LogP contribution in [0.3, 0.4) is 0 Å². The first-order chi connectivity index (χ1) is 13.3. The Morgan fingerprint density at radius 2 is 1.30 bits per heavy atom. The summed E-state index contributed by atoms with van der Waals surface area (Å²) in [7, 11) is 3.32. The van der Waals surface area contributed by atoms with Crippen LogP contribution in [0.15, 0.2) is 78.9 Å². The van der Waals surface area contributed by atoms with Crippen LogP contribution in [-0.4, -0.2) is 20.8 Å². The highest BCUT2D eigenvalue weighted by Gasteiger charge is 2.40. The van der Waals surface area contributed by atoms with Crippen molar-refractivity contribution in [2.45, 2.75) is 18.9 Å². The molecule has 0 radical (unpaired) electrons. The van der Waals surface area contributed by atoms with Crippen molar-refractivity contribution in [1.29, 1.82) is 0 Å². The summed E-state index contributed by atoms with van der Waals surface area (Å²) in [5, 5.41) is 0. The largest absolute Gasteiger partial charge is 0.493 e. The van der Waals surface area contributed by atoms with Crippen molar-refractivity contribution >= 4 is 0 Å². The third-order valence-electron chi connectivity index (χ3n) is 4.67. The zero-order valence-corrected chi connectivity index (χ0v) is 16.1. The summed E-state index contributed by atoms with van der Waals surface area (Å²) in [5.74, 6) is 1.37. The Bertz CT molecular complexity index is 805. The number of hydrogen-bond acceptors (Lipinski definition) is 3. The van der Waals surface area contributed by atoms with Crippen LogP contribution in [0, 0.1) is 0 Å². The third kappa shape index (κ3) is 3.56. The normalized spacial score (nSPS) is 11.2. The first kappa shape index (κ1) is 19.0. The van der Waals surface area contributed by atoms with Gasteiger partial charge in [0.1, 0.15) is 5.60 Å². The SMILES string of the molecule is CCCOC(c1ccccc1)(c1ccccc1)c1cccc(OC)c1OC. The van der Waals surface area contributed by atoms with Gasteiger partial charge in [-0.2, -0.15) is 0 Å². The molecule has 0 unspecified atom stereocenters. The minimum Gasteiger partial charge on any atom is -0.493 e. The highest BCUT2D eigenvalue weighted by atomic mass is 16.5. The maximum absolute atomic E-state index is 6.64. The molecule has 0 saturated carbocycles. The standard InChI is InChI=1S/C24H26O3/c1-4-18-27-24(19-12-7-5-8-13-19,20-14-9-6-10-15-20)21-16-11-17-22(25-2)23(21)26-3/h5-17H,4,18H2,1-3H3. The Kier molecular flexibility index (Phi) is 6.15. The second-order valence-corrected chi connectivity index (χ2v) is 6.30. The zero-order valence-electron chi connectivity index (χ0n) is 16.1. The third-order valence-corrected chi connectivity index (χ3v) is 4.67. The number of rotatable bonds is 8. The van der Waals surface area contributed by atoms with E-state index in [0.29, 0.717) is 18.1 Å². The van der Waals surface area contributed by atoms with Gasteiger partial charge in [-0.15, -0.1) is 0 Å². The Morgan fingerprint density at radius 1 is 0.704 bits per heavy atom. The van der Waals surface area contributed by atoms with Crippen molar-refractivity contribution in [2.75, 3.05) is 20.8 Å². The monoisotopic (exact) mass is 362 g/mol.